The molecule has 0 aromatic heterocycles. The number of phenols is 1. The number of nitrogens with zero attached hydrogens (tertiary/aromatic N) is 2. The van der Waals surface area contributed by atoms with Crippen LogP contribution in [0.4, 0.5) is 11.4 Å². The fraction of sp³-hybridized carbons (Fsp3) is 0.355. The third-order valence-corrected chi connectivity index (χ3v) is 8.67. The molecule has 0 spiro atoms. The Morgan fingerprint density at radius 2 is 1.74 bits per heavy atom. The Bertz CT molecular complexity index is 1670. The number of hydrogen-bond acceptors (Lipinski definition) is 10. The number of ketones is 2. The van der Waals surface area contributed by atoms with Gasteiger partial charge in [0.2, 0.25) is 11.7 Å². The fourth-order valence-corrected chi connectivity index (χ4v) is 6.89. The van der Waals surface area contributed by atoms with Crippen molar-refractivity contribution in [2.75, 3.05) is 38.4 Å². The van der Waals surface area contributed by atoms with E-state index in [9.17, 15) is 39.6 Å². The molecule has 12 nitrogen and oxygen atoms in total. The minimum atomic E-state index is -2.71. The predicted molar refractivity (Wildman–Crippen MR) is 158 cm³/mol. The summed E-state index contributed by atoms with van der Waals surface area (Å²) in [6.45, 7) is 1.37. The number of amides is 2. The van der Waals surface area contributed by atoms with E-state index in [4.69, 9.17) is 5.73 Å². The Morgan fingerprint density at radius 3 is 2.33 bits per heavy atom. The number of Topliss-reactive ketones (excluding diaryl/α,β-unsaturated/α-hetero) is 2. The second-order valence-electron chi connectivity index (χ2n) is 11.8. The second-order valence-corrected chi connectivity index (χ2v) is 11.8. The van der Waals surface area contributed by atoms with Crippen LogP contribution in [-0.4, -0.2) is 88.5 Å². The summed E-state index contributed by atoms with van der Waals surface area (Å²) in [5.41, 5.74) is 3.93. The number of allylic oxidation sites excluding steroid dienone is 1. The topological polar surface area (TPSA) is 194 Å². The molecule has 0 aliphatic heterocycles. The first kappa shape index (κ1) is 29.8. The third-order valence-electron chi connectivity index (χ3n) is 8.67. The number of hydrogen-bond donors (Lipinski definition) is 6. The van der Waals surface area contributed by atoms with E-state index in [1.807, 2.05) is 0 Å². The maximum Gasteiger partial charge on any atom is 0.255 e. The number of aromatic hydroxyl groups is 1. The van der Waals surface area contributed by atoms with Gasteiger partial charge in [-0.25, -0.2) is 0 Å². The number of benzene rings is 2. The Labute approximate surface area is 247 Å². The van der Waals surface area contributed by atoms with Gasteiger partial charge in [-0.15, -0.1) is 0 Å². The average molecular weight is 591 g/mol. The van der Waals surface area contributed by atoms with Crippen LogP contribution in [-0.2, 0) is 20.8 Å². The number of nitrogens with one attached hydrogen (secondary N) is 1. The van der Waals surface area contributed by atoms with E-state index in [-0.39, 0.29) is 35.6 Å². The van der Waals surface area contributed by atoms with Gasteiger partial charge in [-0.1, -0.05) is 12.1 Å². The van der Waals surface area contributed by atoms with Crippen molar-refractivity contribution in [1.29, 1.82) is 0 Å². The summed E-state index contributed by atoms with van der Waals surface area (Å²) < 4.78 is 0. The molecule has 2 amide bonds. The molecule has 2 aromatic rings. The number of aliphatic hydroxyl groups is 3. The van der Waals surface area contributed by atoms with E-state index in [1.54, 1.807) is 63.4 Å². The lowest BCUT2D eigenvalue weighted by Gasteiger charge is -2.50. The minimum absolute atomic E-state index is 0.0000944. The van der Waals surface area contributed by atoms with Gasteiger partial charge in [0.05, 0.1) is 11.6 Å². The lowest BCUT2D eigenvalue weighted by molar-refractivity contribution is -0.148. The monoisotopic (exact) mass is 590 g/mol. The SMILES string of the molecule is CC(=O)Nc1cccc(-c2cc(N(C)C)c3c(c2O)C(=O)C2=C(O)[C@]4(O)C(=O)C(C(N)=O)=C(O)C(N(C)C)C4CC2C3)c1. The van der Waals surface area contributed by atoms with Gasteiger partial charge >= 0.3 is 0 Å². The maximum absolute atomic E-state index is 14.2. The van der Waals surface area contributed by atoms with Gasteiger partial charge < -0.3 is 36.4 Å². The number of aliphatic hydroxyl groups excluding tert-OH is 2. The number of carbonyl (C=O) groups is 4. The molecule has 0 radical (unpaired) electrons. The molecule has 12 heteroatoms. The highest BCUT2D eigenvalue weighted by Gasteiger charge is 2.63. The summed E-state index contributed by atoms with van der Waals surface area (Å²) in [7, 11) is 6.73. The van der Waals surface area contributed by atoms with Gasteiger partial charge in [0, 0.05) is 49.4 Å². The van der Waals surface area contributed by atoms with Crippen molar-refractivity contribution in [1.82, 2.24) is 4.90 Å². The van der Waals surface area contributed by atoms with Gasteiger partial charge in [0.1, 0.15) is 22.8 Å². The number of likely N-dealkylation sites (N-methyl/N-ethyl adjacent to an activating group) is 1. The van der Waals surface area contributed by atoms with Crippen LogP contribution in [0.1, 0.15) is 29.3 Å². The number of phenolic OH excluding ortho intramolecular Hbond substituents is 1. The molecule has 0 saturated heterocycles. The summed E-state index contributed by atoms with van der Waals surface area (Å²) in [5, 5.41) is 48.6. The molecule has 0 saturated carbocycles. The van der Waals surface area contributed by atoms with Crippen molar-refractivity contribution in [2.24, 2.45) is 17.6 Å². The zero-order valence-electron chi connectivity index (χ0n) is 24.4. The molecule has 7 N–H and O–H groups in total. The van der Waals surface area contributed by atoms with E-state index in [1.165, 1.54) is 11.8 Å². The highest BCUT2D eigenvalue weighted by molar-refractivity contribution is 6.25. The first-order chi connectivity index (χ1) is 20.1. The van der Waals surface area contributed by atoms with E-state index in [0.717, 1.165) is 0 Å². The first-order valence-electron chi connectivity index (χ1n) is 13.7. The molecule has 4 atom stereocenters. The second kappa shape index (κ2) is 10.2. The maximum atomic E-state index is 14.2. The molecule has 5 rings (SSSR count). The largest absolute Gasteiger partial charge is 0.510 e. The molecule has 2 aromatic carbocycles. The fourth-order valence-electron chi connectivity index (χ4n) is 6.89. The van der Waals surface area contributed by atoms with E-state index >= 15 is 0 Å². The average Bonchev–Trinajstić information content (AvgIpc) is 2.90. The molecule has 226 valence electrons. The number of rotatable bonds is 5. The van der Waals surface area contributed by atoms with Crippen LogP contribution in [0.3, 0.4) is 0 Å². The minimum Gasteiger partial charge on any atom is -0.510 e. The van der Waals surface area contributed by atoms with Gasteiger partial charge in [0.25, 0.3) is 5.91 Å². The van der Waals surface area contributed by atoms with Crippen LogP contribution in [0.15, 0.2) is 53.0 Å². The number of nitrogens with two attached hydrogens (primary N) is 1. The smallest absolute Gasteiger partial charge is 0.255 e. The molecule has 0 bridgehead atoms. The van der Waals surface area contributed by atoms with Crippen LogP contribution >= 0.6 is 0 Å². The standard InChI is InChI=1S/C31H34N4O8/c1-13(36)33-16-8-6-7-14(9-16)17-12-20(34(2)3)18-10-15-11-19-24(35(4)5)27(39)23(30(32)42)29(41)31(19,43)28(40)21(15)26(38)22(18)25(17)37/h6-9,12,15,19,24,37,39-40,43H,10-11H2,1-5H3,(H2,32,42)(H,33,36)/t15?,19?,24?,31-/m0/s1. The summed E-state index contributed by atoms with van der Waals surface area (Å²) >= 11 is 0. The predicted octanol–water partition coefficient (Wildman–Crippen LogP) is 1.81. The number of carbonyl (C=O) groups excluding carboxylic acids is 4. The van der Waals surface area contributed by atoms with Crippen molar-refractivity contribution >= 4 is 34.8 Å². The van der Waals surface area contributed by atoms with Gasteiger partial charge in [-0.2, -0.15) is 0 Å². The first-order valence-corrected chi connectivity index (χ1v) is 13.7. The van der Waals surface area contributed by atoms with Crippen LogP contribution in [0.2, 0.25) is 0 Å². The van der Waals surface area contributed by atoms with Crippen molar-refractivity contribution in [3.63, 3.8) is 0 Å². The molecular formula is C31H34N4O8. The highest BCUT2D eigenvalue weighted by Crippen LogP contribution is 2.54. The van der Waals surface area contributed by atoms with Crippen LogP contribution in [0.5, 0.6) is 5.75 Å². The molecule has 0 fully saturated rings. The Hall–Kier alpha value is -4.68. The zero-order chi connectivity index (χ0) is 31.7. The van der Waals surface area contributed by atoms with E-state index in [2.05, 4.69) is 5.32 Å². The number of fused-ring (bicyclic) bond motifs is 3. The van der Waals surface area contributed by atoms with Crippen LogP contribution in [0.25, 0.3) is 11.1 Å². The zero-order valence-corrected chi connectivity index (χ0v) is 24.4. The number of anilines is 2. The number of primary amides is 1. The molecule has 3 aliphatic carbocycles. The molecule has 3 aliphatic rings. The van der Waals surface area contributed by atoms with Crippen LogP contribution in [0, 0.1) is 11.8 Å². The summed E-state index contributed by atoms with van der Waals surface area (Å²) in [4.78, 5) is 54.9. The Balaban J connectivity index is 1.73. The van der Waals surface area contributed by atoms with Crippen LogP contribution < -0.4 is 16.0 Å². The quantitative estimate of drug-likeness (QED) is 0.280. The van der Waals surface area contributed by atoms with Crippen molar-refractivity contribution in [3.05, 3.63) is 64.1 Å². The normalized spacial score (nSPS) is 24.9. The lowest BCUT2D eigenvalue weighted by atomic mass is 9.58. The Morgan fingerprint density at radius 1 is 1.07 bits per heavy atom. The van der Waals surface area contributed by atoms with Gasteiger partial charge in [-0.05, 0) is 62.2 Å². The van der Waals surface area contributed by atoms with Crippen molar-refractivity contribution < 1.29 is 39.6 Å². The van der Waals surface area contributed by atoms with Gasteiger partial charge in [-0.3, -0.25) is 24.1 Å². The molecule has 43 heavy (non-hydrogen) atoms. The Kier molecular flexibility index (Phi) is 7.10. The van der Waals surface area contributed by atoms with Gasteiger partial charge in [0.15, 0.2) is 11.4 Å². The highest BCUT2D eigenvalue weighted by atomic mass is 16.3. The summed E-state index contributed by atoms with van der Waals surface area (Å²) in [5.74, 6) is -7.31. The van der Waals surface area contributed by atoms with E-state index < -0.39 is 58.0 Å². The molecule has 0 heterocycles. The molecular weight excluding hydrogens is 556 g/mol. The summed E-state index contributed by atoms with van der Waals surface area (Å²) in [6.07, 6.45) is 0.168. The van der Waals surface area contributed by atoms with Crippen molar-refractivity contribution in [3.8, 4) is 16.9 Å². The third kappa shape index (κ3) is 4.36. The summed E-state index contributed by atoms with van der Waals surface area (Å²) in [6, 6.07) is 7.40. The lowest BCUT2D eigenvalue weighted by Crippen LogP contribution is -2.63. The van der Waals surface area contributed by atoms with E-state index in [0.29, 0.717) is 28.1 Å². The molecule has 3 unspecified atom stereocenters. The van der Waals surface area contributed by atoms with Crippen molar-refractivity contribution in [2.45, 2.75) is 31.4 Å².